The molecule has 2 nitrogen and oxygen atoms in total. The second kappa shape index (κ2) is 3.75. The Hall–Kier alpha value is -0.0800. The van der Waals surface area contributed by atoms with Crippen molar-refractivity contribution < 1.29 is 5.11 Å². The maximum atomic E-state index is 9.16. The molecule has 0 bridgehead atoms. The smallest absolute Gasteiger partial charge is 0.0586 e. The van der Waals surface area contributed by atoms with Crippen molar-refractivity contribution in [2.75, 3.05) is 13.2 Å². The van der Waals surface area contributed by atoms with Gasteiger partial charge < -0.3 is 5.11 Å². The average molecular weight is 169 g/mol. The van der Waals surface area contributed by atoms with Crippen LogP contribution in [0.4, 0.5) is 0 Å². The quantitative estimate of drug-likeness (QED) is 0.675. The third kappa shape index (κ3) is 1.50. The van der Waals surface area contributed by atoms with Crippen LogP contribution in [0.3, 0.4) is 0 Å². The van der Waals surface area contributed by atoms with Crippen molar-refractivity contribution in [3.8, 4) is 0 Å². The highest BCUT2D eigenvalue weighted by Gasteiger charge is 2.31. The van der Waals surface area contributed by atoms with E-state index < -0.39 is 0 Å². The second-order valence-corrected chi connectivity index (χ2v) is 4.15. The molecular weight excluding hydrogens is 150 g/mol. The summed E-state index contributed by atoms with van der Waals surface area (Å²) in [7, 11) is 0. The van der Waals surface area contributed by atoms with Gasteiger partial charge in [-0.2, -0.15) is 0 Å². The fraction of sp³-hybridized carbons (Fsp3) is 1.00. The van der Waals surface area contributed by atoms with Gasteiger partial charge in [0.15, 0.2) is 0 Å². The Kier molecular flexibility index (Phi) is 2.66. The van der Waals surface area contributed by atoms with Crippen molar-refractivity contribution in [2.45, 2.75) is 50.6 Å². The summed E-state index contributed by atoms with van der Waals surface area (Å²) in [6, 6.07) is 1.30. The van der Waals surface area contributed by atoms with Crippen molar-refractivity contribution in [1.29, 1.82) is 0 Å². The fourth-order valence-electron chi connectivity index (χ4n) is 2.77. The van der Waals surface area contributed by atoms with E-state index in [9.17, 15) is 0 Å². The van der Waals surface area contributed by atoms with Gasteiger partial charge in [0.25, 0.3) is 0 Å². The lowest BCUT2D eigenvalue weighted by Crippen LogP contribution is -2.39. The lowest BCUT2D eigenvalue weighted by molar-refractivity contribution is 0.121. The van der Waals surface area contributed by atoms with E-state index in [1.165, 1.54) is 45.1 Å². The Balaban J connectivity index is 1.92. The van der Waals surface area contributed by atoms with Gasteiger partial charge >= 0.3 is 0 Å². The largest absolute Gasteiger partial charge is 0.395 e. The van der Waals surface area contributed by atoms with Crippen LogP contribution in [0, 0.1) is 0 Å². The van der Waals surface area contributed by atoms with Crippen LogP contribution in [0.5, 0.6) is 0 Å². The first-order valence-electron chi connectivity index (χ1n) is 5.28. The van der Waals surface area contributed by atoms with E-state index in [1.54, 1.807) is 0 Å². The number of hydrogen-bond donors (Lipinski definition) is 1. The monoisotopic (exact) mass is 169 g/mol. The van der Waals surface area contributed by atoms with E-state index in [4.69, 9.17) is 5.11 Å². The number of likely N-dealkylation sites (tertiary alicyclic amines) is 1. The van der Waals surface area contributed by atoms with E-state index in [0.717, 1.165) is 6.04 Å². The molecule has 0 aromatic rings. The van der Waals surface area contributed by atoms with Crippen molar-refractivity contribution in [1.82, 2.24) is 4.90 Å². The maximum absolute atomic E-state index is 9.16. The summed E-state index contributed by atoms with van der Waals surface area (Å²) in [4.78, 5) is 2.55. The Labute approximate surface area is 74.6 Å². The zero-order valence-corrected chi connectivity index (χ0v) is 7.71. The Morgan fingerprint density at radius 3 is 2.50 bits per heavy atom. The van der Waals surface area contributed by atoms with Gasteiger partial charge in [0, 0.05) is 12.1 Å². The topological polar surface area (TPSA) is 23.5 Å². The first-order chi connectivity index (χ1) is 5.92. The summed E-state index contributed by atoms with van der Waals surface area (Å²) in [5.41, 5.74) is 0. The minimum Gasteiger partial charge on any atom is -0.395 e. The summed E-state index contributed by atoms with van der Waals surface area (Å²) >= 11 is 0. The number of aliphatic hydroxyl groups excluding tert-OH is 1. The standard InChI is InChI=1S/C10H19NO/c12-8-10-6-3-7-11(10)9-4-1-2-5-9/h9-10,12H,1-8H2. The molecule has 0 aromatic carbocycles. The van der Waals surface area contributed by atoms with Gasteiger partial charge in [-0.1, -0.05) is 12.8 Å². The Morgan fingerprint density at radius 1 is 1.08 bits per heavy atom. The zero-order chi connectivity index (χ0) is 8.39. The maximum Gasteiger partial charge on any atom is 0.0586 e. The fourth-order valence-corrected chi connectivity index (χ4v) is 2.77. The average Bonchev–Trinajstić information content (AvgIpc) is 2.74. The van der Waals surface area contributed by atoms with Crippen molar-refractivity contribution in [3.05, 3.63) is 0 Å². The first-order valence-corrected chi connectivity index (χ1v) is 5.28. The SMILES string of the molecule is OCC1CCCN1C1CCCC1. The van der Waals surface area contributed by atoms with E-state index in [-0.39, 0.29) is 0 Å². The minimum atomic E-state index is 0.372. The number of aliphatic hydroxyl groups is 1. The summed E-state index contributed by atoms with van der Waals surface area (Å²) in [6.07, 6.45) is 8.06. The van der Waals surface area contributed by atoms with Crippen LogP contribution in [0.25, 0.3) is 0 Å². The molecule has 1 saturated carbocycles. The molecule has 2 rings (SSSR count). The van der Waals surface area contributed by atoms with Crippen LogP contribution in [-0.2, 0) is 0 Å². The summed E-state index contributed by atoms with van der Waals surface area (Å²) < 4.78 is 0. The molecule has 1 unspecified atom stereocenters. The first kappa shape index (κ1) is 8.52. The third-order valence-electron chi connectivity index (χ3n) is 3.43. The molecule has 0 aromatic heterocycles. The Bertz CT molecular complexity index is 143. The summed E-state index contributed by atoms with van der Waals surface area (Å²) in [5.74, 6) is 0. The zero-order valence-electron chi connectivity index (χ0n) is 7.71. The molecule has 70 valence electrons. The number of hydrogen-bond acceptors (Lipinski definition) is 2. The van der Waals surface area contributed by atoms with Crippen LogP contribution < -0.4 is 0 Å². The van der Waals surface area contributed by atoms with Crippen molar-refractivity contribution in [2.24, 2.45) is 0 Å². The second-order valence-electron chi connectivity index (χ2n) is 4.15. The van der Waals surface area contributed by atoms with Gasteiger partial charge in [0.2, 0.25) is 0 Å². The van der Waals surface area contributed by atoms with Crippen LogP contribution in [0.1, 0.15) is 38.5 Å². The normalized spacial score (nSPS) is 33.2. The molecule has 0 radical (unpaired) electrons. The lowest BCUT2D eigenvalue weighted by atomic mass is 10.2. The molecule has 0 spiro atoms. The van der Waals surface area contributed by atoms with Crippen LogP contribution in [-0.4, -0.2) is 35.2 Å². The minimum absolute atomic E-state index is 0.372. The van der Waals surface area contributed by atoms with Crippen LogP contribution >= 0.6 is 0 Å². The molecule has 1 heterocycles. The molecule has 2 heteroatoms. The number of nitrogens with zero attached hydrogens (tertiary/aromatic N) is 1. The molecule has 1 aliphatic carbocycles. The number of rotatable bonds is 2. The molecule has 2 aliphatic rings. The van der Waals surface area contributed by atoms with Crippen molar-refractivity contribution >= 4 is 0 Å². The van der Waals surface area contributed by atoms with Crippen LogP contribution in [0.15, 0.2) is 0 Å². The Morgan fingerprint density at radius 2 is 1.83 bits per heavy atom. The predicted octanol–water partition coefficient (Wildman–Crippen LogP) is 1.39. The van der Waals surface area contributed by atoms with Gasteiger partial charge in [-0.25, -0.2) is 0 Å². The molecule has 1 saturated heterocycles. The molecular formula is C10H19NO. The van der Waals surface area contributed by atoms with Gasteiger partial charge in [-0.3, -0.25) is 4.90 Å². The summed E-state index contributed by atoms with van der Waals surface area (Å²) in [6.45, 7) is 1.60. The van der Waals surface area contributed by atoms with E-state index >= 15 is 0 Å². The highest BCUT2D eigenvalue weighted by Crippen LogP contribution is 2.29. The third-order valence-corrected chi connectivity index (χ3v) is 3.43. The van der Waals surface area contributed by atoms with Gasteiger partial charge in [-0.15, -0.1) is 0 Å². The molecule has 12 heavy (non-hydrogen) atoms. The van der Waals surface area contributed by atoms with Crippen LogP contribution in [0.2, 0.25) is 0 Å². The van der Waals surface area contributed by atoms with E-state index in [0.29, 0.717) is 12.6 Å². The van der Waals surface area contributed by atoms with E-state index in [1.807, 2.05) is 0 Å². The highest BCUT2D eigenvalue weighted by atomic mass is 16.3. The molecule has 1 N–H and O–H groups in total. The lowest BCUT2D eigenvalue weighted by Gasteiger charge is -2.29. The van der Waals surface area contributed by atoms with Gasteiger partial charge in [0.1, 0.15) is 0 Å². The van der Waals surface area contributed by atoms with Gasteiger partial charge in [-0.05, 0) is 32.2 Å². The molecule has 2 fully saturated rings. The molecule has 1 aliphatic heterocycles. The predicted molar refractivity (Wildman–Crippen MR) is 49.1 cm³/mol. The summed E-state index contributed by atoms with van der Waals surface area (Å²) in [5, 5.41) is 9.16. The molecule has 0 amide bonds. The molecule has 1 atom stereocenters. The highest BCUT2D eigenvalue weighted by molar-refractivity contribution is 4.86. The van der Waals surface area contributed by atoms with Gasteiger partial charge in [0.05, 0.1) is 6.61 Å². The van der Waals surface area contributed by atoms with Crippen molar-refractivity contribution in [3.63, 3.8) is 0 Å². The van der Waals surface area contributed by atoms with E-state index in [2.05, 4.69) is 4.90 Å².